The summed E-state index contributed by atoms with van der Waals surface area (Å²) in [5.74, 6) is -0.0468. The second-order valence-corrected chi connectivity index (χ2v) is 6.85. The summed E-state index contributed by atoms with van der Waals surface area (Å²) < 4.78 is 5.50. The molecule has 2 aliphatic rings. The Morgan fingerprint density at radius 1 is 1.35 bits per heavy atom. The number of rotatable bonds is 4. The van der Waals surface area contributed by atoms with Crippen molar-refractivity contribution in [2.45, 2.75) is 45.4 Å². The summed E-state index contributed by atoms with van der Waals surface area (Å²) in [5, 5.41) is 8.35. The molecule has 3 amide bonds. The number of fused-ring (bicyclic) bond motifs is 1. The van der Waals surface area contributed by atoms with Gasteiger partial charge in [-0.15, -0.1) is 0 Å². The maximum atomic E-state index is 12.4. The van der Waals surface area contributed by atoms with Gasteiger partial charge in [-0.1, -0.05) is 0 Å². The predicted octanol–water partition coefficient (Wildman–Crippen LogP) is 0.943. The Hall–Kier alpha value is -2.61. The highest BCUT2D eigenvalue weighted by Crippen LogP contribution is 2.32. The number of nitrogens with one attached hydrogen (secondary N) is 3. The first-order valence-corrected chi connectivity index (χ1v) is 8.80. The quantitative estimate of drug-likeness (QED) is 0.742. The lowest BCUT2D eigenvalue weighted by Gasteiger charge is -2.37. The van der Waals surface area contributed by atoms with Gasteiger partial charge in [0.2, 0.25) is 11.8 Å². The summed E-state index contributed by atoms with van der Waals surface area (Å²) in [6, 6.07) is 4.76. The molecule has 1 saturated heterocycles. The Balaban J connectivity index is 1.67. The lowest BCUT2D eigenvalue weighted by atomic mass is 10.1. The summed E-state index contributed by atoms with van der Waals surface area (Å²) in [4.78, 5) is 38.3. The third-order valence-corrected chi connectivity index (χ3v) is 4.61. The fraction of sp³-hybridized carbons (Fsp3) is 0.500. The molecule has 2 aliphatic heterocycles. The molecule has 26 heavy (non-hydrogen) atoms. The molecular formula is C18H24N4O4. The number of carbonyl (C=O) groups excluding carboxylic acids is 3. The Kier molecular flexibility index (Phi) is 5.13. The van der Waals surface area contributed by atoms with Gasteiger partial charge in [-0.2, -0.15) is 0 Å². The first-order chi connectivity index (χ1) is 12.3. The minimum absolute atomic E-state index is 0.0704. The van der Waals surface area contributed by atoms with Gasteiger partial charge in [0.05, 0.1) is 18.2 Å². The molecule has 2 heterocycles. The summed E-state index contributed by atoms with van der Waals surface area (Å²) >= 11 is 0. The number of nitrogens with zero attached hydrogens (tertiary/aromatic N) is 1. The molecule has 0 aliphatic carbocycles. The Labute approximate surface area is 152 Å². The molecular weight excluding hydrogens is 336 g/mol. The topological polar surface area (TPSA) is 99.8 Å². The molecule has 0 spiro atoms. The normalized spacial score (nSPS) is 22.9. The van der Waals surface area contributed by atoms with Crippen LogP contribution in [0.1, 0.15) is 27.2 Å². The molecule has 2 atom stereocenters. The van der Waals surface area contributed by atoms with Crippen LogP contribution in [0.5, 0.6) is 5.75 Å². The fourth-order valence-corrected chi connectivity index (χ4v) is 3.23. The van der Waals surface area contributed by atoms with E-state index in [-0.39, 0.29) is 30.2 Å². The highest BCUT2D eigenvalue weighted by atomic mass is 16.5. The lowest BCUT2D eigenvalue weighted by molar-refractivity contribution is -0.133. The number of carbonyl (C=O) groups is 3. The summed E-state index contributed by atoms with van der Waals surface area (Å²) in [5.41, 5.74) is 1.06. The van der Waals surface area contributed by atoms with Crippen molar-refractivity contribution in [1.82, 2.24) is 10.2 Å². The SMILES string of the molecule is CC(C)N1CCNC(=O)[C@@H]1CC(=O)Nc1ccc2c(c1)NC(=O)[C@H](C)O2. The van der Waals surface area contributed by atoms with Crippen LogP contribution in [0.25, 0.3) is 0 Å². The zero-order valence-electron chi connectivity index (χ0n) is 15.2. The Bertz CT molecular complexity index is 734. The van der Waals surface area contributed by atoms with Crippen molar-refractivity contribution in [3.63, 3.8) is 0 Å². The van der Waals surface area contributed by atoms with Gasteiger partial charge in [-0.05, 0) is 39.0 Å². The molecule has 1 fully saturated rings. The van der Waals surface area contributed by atoms with Crippen LogP contribution in [0.3, 0.4) is 0 Å². The second-order valence-electron chi connectivity index (χ2n) is 6.85. The molecule has 0 aromatic heterocycles. The standard InChI is InChI=1S/C18H24N4O4/c1-10(2)22-7-6-19-18(25)14(22)9-16(23)20-12-4-5-15-13(8-12)21-17(24)11(3)26-15/h4-5,8,10-11,14H,6-7,9H2,1-3H3,(H,19,25)(H,20,23)(H,21,24)/t11-,14-/m0/s1. The molecule has 3 rings (SSSR count). The number of piperazine rings is 1. The van der Waals surface area contributed by atoms with Crippen molar-refractivity contribution in [3.05, 3.63) is 18.2 Å². The van der Waals surface area contributed by atoms with E-state index in [4.69, 9.17) is 4.74 Å². The largest absolute Gasteiger partial charge is 0.479 e. The number of hydrogen-bond donors (Lipinski definition) is 3. The first kappa shape index (κ1) is 18.2. The van der Waals surface area contributed by atoms with Gasteiger partial charge in [-0.3, -0.25) is 19.3 Å². The van der Waals surface area contributed by atoms with Crippen LogP contribution in [-0.2, 0) is 14.4 Å². The molecule has 1 aromatic carbocycles. The summed E-state index contributed by atoms with van der Waals surface area (Å²) in [6.45, 7) is 7.01. The highest BCUT2D eigenvalue weighted by Gasteiger charge is 2.33. The molecule has 0 unspecified atom stereocenters. The molecule has 0 bridgehead atoms. The van der Waals surface area contributed by atoms with Crippen LogP contribution < -0.4 is 20.7 Å². The molecule has 3 N–H and O–H groups in total. The number of amides is 3. The lowest BCUT2D eigenvalue weighted by Crippen LogP contribution is -2.58. The van der Waals surface area contributed by atoms with Gasteiger partial charge in [0.25, 0.3) is 5.91 Å². The van der Waals surface area contributed by atoms with E-state index >= 15 is 0 Å². The number of ether oxygens (including phenoxy) is 1. The van der Waals surface area contributed by atoms with Crippen LogP contribution in [0.4, 0.5) is 11.4 Å². The van der Waals surface area contributed by atoms with Gasteiger partial charge < -0.3 is 20.7 Å². The van der Waals surface area contributed by atoms with Crippen molar-refractivity contribution >= 4 is 29.1 Å². The van der Waals surface area contributed by atoms with Gasteiger partial charge in [0.1, 0.15) is 5.75 Å². The summed E-state index contributed by atoms with van der Waals surface area (Å²) in [7, 11) is 0. The highest BCUT2D eigenvalue weighted by molar-refractivity contribution is 6.00. The molecule has 0 radical (unpaired) electrons. The zero-order chi connectivity index (χ0) is 18.8. The number of hydrogen-bond acceptors (Lipinski definition) is 5. The second kappa shape index (κ2) is 7.33. The maximum Gasteiger partial charge on any atom is 0.265 e. The van der Waals surface area contributed by atoms with E-state index in [2.05, 4.69) is 16.0 Å². The van der Waals surface area contributed by atoms with Gasteiger partial charge in [0.15, 0.2) is 6.10 Å². The minimum atomic E-state index is -0.547. The van der Waals surface area contributed by atoms with E-state index in [0.717, 1.165) is 6.54 Å². The first-order valence-electron chi connectivity index (χ1n) is 8.80. The third-order valence-electron chi connectivity index (χ3n) is 4.61. The van der Waals surface area contributed by atoms with Crippen molar-refractivity contribution in [3.8, 4) is 5.75 Å². The zero-order valence-corrected chi connectivity index (χ0v) is 15.2. The van der Waals surface area contributed by atoms with Crippen LogP contribution in [0.2, 0.25) is 0 Å². The predicted molar refractivity (Wildman–Crippen MR) is 97.0 cm³/mol. The van der Waals surface area contributed by atoms with Crippen molar-refractivity contribution < 1.29 is 19.1 Å². The van der Waals surface area contributed by atoms with E-state index < -0.39 is 12.1 Å². The Morgan fingerprint density at radius 2 is 2.12 bits per heavy atom. The monoisotopic (exact) mass is 360 g/mol. The van der Waals surface area contributed by atoms with E-state index in [1.165, 1.54) is 0 Å². The molecule has 8 heteroatoms. The smallest absolute Gasteiger partial charge is 0.265 e. The molecule has 1 aromatic rings. The van der Waals surface area contributed by atoms with E-state index in [1.54, 1.807) is 25.1 Å². The van der Waals surface area contributed by atoms with Gasteiger partial charge >= 0.3 is 0 Å². The molecule has 0 saturated carbocycles. The third kappa shape index (κ3) is 3.80. The minimum Gasteiger partial charge on any atom is -0.479 e. The average Bonchev–Trinajstić information content (AvgIpc) is 2.57. The van der Waals surface area contributed by atoms with Crippen molar-refractivity contribution in [2.75, 3.05) is 23.7 Å². The fourth-order valence-electron chi connectivity index (χ4n) is 3.23. The van der Waals surface area contributed by atoms with E-state index in [0.29, 0.717) is 23.7 Å². The number of benzene rings is 1. The van der Waals surface area contributed by atoms with E-state index in [9.17, 15) is 14.4 Å². The Morgan fingerprint density at radius 3 is 2.85 bits per heavy atom. The van der Waals surface area contributed by atoms with Crippen molar-refractivity contribution in [2.24, 2.45) is 0 Å². The van der Waals surface area contributed by atoms with Crippen LogP contribution >= 0.6 is 0 Å². The van der Waals surface area contributed by atoms with Gasteiger partial charge in [0, 0.05) is 24.8 Å². The molecule has 140 valence electrons. The maximum absolute atomic E-state index is 12.4. The van der Waals surface area contributed by atoms with Crippen LogP contribution in [0, 0.1) is 0 Å². The van der Waals surface area contributed by atoms with Crippen molar-refractivity contribution in [1.29, 1.82) is 0 Å². The van der Waals surface area contributed by atoms with Gasteiger partial charge in [-0.25, -0.2) is 0 Å². The van der Waals surface area contributed by atoms with Crippen LogP contribution in [-0.4, -0.2) is 53.9 Å². The van der Waals surface area contributed by atoms with Crippen LogP contribution in [0.15, 0.2) is 18.2 Å². The number of anilines is 2. The summed E-state index contributed by atoms with van der Waals surface area (Å²) in [6.07, 6.45) is -0.476. The average molecular weight is 360 g/mol. The van der Waals surface area contributed by atoms with E-state index in [1.807, 2.05) is 18.7 Å². The molecule has 8 nitrogen and oxygen atoms in total.